The van der Waals surface area contributed by atoms with Crippen molar-refractivity contribution in [2.45, 2.75) is 40.7 Å². The third-order valence-corrected chi connectivity index (χ3v) is 5.06. The zero-order valence-electron chi connectivity index (χ0n) is 14.0. The third kappa shape index (κ3) is 2.62. The zero-order valence-corrected chi connectivity index (χ0v) is 14.8. The largest absolute Gasteiger partial charge is 0.451 e. The van der Waals surface area contributed by atoms with E-state index in [1.54, 1.807) is 20.8 Å². The number of aryl methyl sites for hydroxylation is 4. The summed E-state index contributed by atoms with van der Waals surface area (Å²) >= 11 is 1.45. The Hall–Kier alpha value is -2.48. The Balaban J connectivity index is 1.93. The van der Waals surface area contributed by atoms with Gasteiger partial charge in [-0.05, 0) is 40.2 Å². The highest BCUT2D eigenvalue weighted by atomic mass is 32.1. The highest BCUT2D eigenvalue weighted by molar-refractivity contribution is 7.18. The molecule has 0 bridgehead atoms. The van der Waals surface area contributed by atoms with Gasteiger partial charge in [0.1, 0.15) is 16.2 Å². The number of nitrogens with zero attached hydrogens (tertiary/aromatic N) is 2. The van der Waals surface area contributed by atoms with E-state index in [0.29, 0.717) is 33.1 Å². The van der Waals surface area contributed by atoms with Crippen molar-refractivity contribution in [3.05, 3.63) is 43.6 Å². The fourth-order valence-electron chi connectivity index (χ4n) is 2.51. The number of thiophene rings is 1. The van der Waals surface area contributed by atoms with Crippen LogP contribution in [0.2, 0.25) is 0 Å². The summed E-state index contributed by atoms with van der Waals surface area (Å²) in [7, 11) is 0. The number of aromatic nitrogens is 3. The minimum absolute atomic E-state index is 0.225. The molecular weight excluding hydrogens is 330 g/mol. The highest BCUT2D eigenvalue weighted by Crippen LogP contribution is 2.27. The molecule has 1 N–H and O–H groups in total. The Kier molecular flexibility index (Phi) is 4.00. The molecule has 3 aromatic heterocycles. The second kappa shape index (κ2) is 5.86. The highest BCUT2D eigenvalue weighted by Gasteiger charge is 2.23. The van der Waals surface area contributed by atoms with Gasteiger partial charge in [0.15, 0.2) is 11.9 Å². The Bertz CT molecular complexity index is 979. The van der Waals surface area contributed by atoms with Crippen LogP contribution < -0.4 is 5.56 Å². The van der Waals surface area contributed by atoms with Crippen LogP contribution in [0.4, 0.5) is 0 Å². The Morgan fingerprint density at radius 1 is 1.29 bits per heavy atom. The van der Waals surface area contributed by atoms with Gasteiger partial charge in [0.05, 0.1) is 11.1 Å². The van der Waals surface area contributed by atoms with Gasteiger partial charge in [0, 0.05) is 4.88 Å². The maximum atomic E-state index is 12.3. The van der Waals surface area contributed by atoms with Crippen LogP contribution in [-0.2, 0) is 4.74 Å². The Labute approximate surface area is 141 Å². The lowest BCUT2D eigenvalue weighted by Gasteiger charge is -2.12. The van der Waals surface area contributed by atoms with E-state index in [1.807, 2.05) is 13.8 Å². The molecule has 1 atom stereocenters. The van der Waals surface area contributed by atoms with E-state index in [9.17, 15) is 9.59 Å². The first-order chi connectivity index (χ1) is 11.3. The lowest BCUT2D eigenvalue weighted by molar-refractivity contribution is 0.0317. The summed E-state index contributed by atoms with van der Waals surface area (Å²) in [6.07, 6.45) is -0.703. The van der Waals surface area contributed by atoms with Gasteiger partial charge in [-0.3, -0.25) is 4.79 Å². The van der Waals surface area contributed by atoms with Crippen LogP contribution >= 0.6 is 11.3 Å². The molecule has 0 aromatic carbocycles. The normalized spacial score (nSPS) is 12.5. The van der Waals surface area contributed by atoms with E-state index in [2.05, 4.69) is 15.1 Å². The van der Waals surface area contributed by atoms with Crippen molar-refractivity contribution < 1.29 is 14.1 Å². The van der Waals surface area contributed by atoms with Crippen LogP contribution in [0.15, 0.2) is 9.32 Å². The van der Waals surface area contributed by atoms with E-state index in [4.69, 9.17) is 9.26 Å². The molecule has 0 aliphatic heterocycles. The number of carbonyl (C=O) groups excluding carboxylic acids is 1. The van der Waals surface area contributed by atoms with E-state index in [0.717, 1.165) is 10.4 Å². The number of aromatic amines is 1. The van der Waals surface area contributed by atoms with Crippen LogP contribution in [0, 0.1) is 27.7 Å². The summed E-state index contributed by atoms with van der Waals surface area (Å²) in [5, 5.41) is 4.33. The zero-order chi connectivity index (χ0) is 17.6. The Morgan fingerprint density at radius 2 is 2.00 bits per heavy atom. The molecule has 126 valence electrons. The van der Waals surface area contributed by atoms with Crippen molar-refractivity contribution in [1.29, 1.82) is 0 Å². The number of hydrogen-bond acceptors (Lipinski definition) is 7. The first-order valence-electron chi connectivity index (χ1n) is 7.43. The quantitative estimate of drug-likeness (QED) is 0.731. The molecule has 8 heteroatoms. The molecule has 0 saturated heterocycles. The lowest BCUT2D eigenvalue weighted by atomic mass is 10.2. The summed E-state index contributed by atoms with van der Waals surface area (Å²) < 4.78 is 10.4. The maximum Gasteiger partial charge on any atom is 0.344 e. The number of H-pyrrole nitrogens is 1. The van der Waals surface area contributed by atoms with Gasteiger partial charge >= 0.3 is 5.97 Å². The van der Waals surface area contributed by atoms with Gasteiger partial charge < -0.3 is 14.2 Å². The van der Waals surface area contributed by atoms with Crippen LogP contribution in [0.5, 0.6) is 0 Å². The standard InChI is InChI=1S/C16H17N3O4S/c1-6-10(5)24-15-11(6)14(20)17-13(18-15)9(4)22-16(21)12-7(2)19-23-8(12)3/h9H,1-5H3,(H,17,18,20)/t9-/m1/s1. The summed E-state index contributed by atoms with van der Waals surface area (Å²) in [6, 6.07) is 0. The number of ether oxygens (including phenoxy) is 1. The van der Waals surface area contributed by atoms with Crippen molar-refractivity contribution in [2.75, 3.05) is 0 Å². The molecular formula is C16H17N3O4S. The molecule has 0 spiro atoms. The monoisotopic (exact) mass is 347 g/mol. The minimum atomic E-state index is -0.703. The summed E-state index contributed by atoms with van der Waals surface area (Å²) in [6.45, 7) is 8.81. The second-order valence-electron chi connectivity index (χ2n) is 5.66. The fraction of sp³-hybridized carbons (Fsp3) is 0.375. The Morgan fingerprint density at radius 3 is 2.62 bits per heavy atom. The van der Waals surface area contributed by atoms with Crippen molar-refractivity contribution in [1.82, 2.24) is 15.1 Å². The smallest absolute Gasteiger partial charge is 0.344 e. The topological polar surface area (TPSA) is 98.1 Å². The number of nitrogens with one attached hydrogen (secondary N) is 1. The van der Waals surface area contributed by atoms with Crippen LogP contribution in [-0.4, -0.2) is 21.1 Å². The average molecular weight is 347 g/mol. The molecule has 0 radical (unpaired) electrons. The first-order valence-corrected chi connectivity index (χ1v) is 8.25. The molecule has 0 aliphatic rings. The van der Waals surface area contributed by atoms with Crippen LogP contribution in [0.1, 0.15) is 51.1 Å². The summed E-state index contributed by atoms with van der Waals surface area (Å²) in [5.41, 5.74) is 1.46. The molecule has 24 heavy (non-hydrogen) atoms. The number of carbonyl (C=O) groups is 1. The van der Waals surface area contributed by atoms with Crippen molar-refractivity contribution in [3.8, 4) is 0 Å². The lowest BCUT2D eigenvalue weighted by Crippen LogP contribution is -2.17. The van der Waals surface area contributed by atoms with Gasteiger partial charge in [-0.25, -0.2) is 9.78 Å². The van der Waals surface area contributed by atoms with Crippen LogP contribution in [0.3, 0.4) is 0 Å². The molecule has 7 nitrogen and oxygen atoms in total. The van der Waals surface area contributed by atoms with Gasteiger partial charge in [-0.15, -0.1) is 11.3 Å². The molecule has 0 aliphatic carbocycles. The minimum Gasteiger partial charge on any atom is -0.451 e. The molecule has 3 aromatic rings. The van der Waals surface area contributed by atoms with E-state index in [-0.39, 0.29) is 5.56 Å². The maximum absolute atomic E-state index is 12.3. The molecule has 3 rings (SSSR count). The van der Waals surface area contributed by atoms with Crippen molar-refractivity contribution >= 4 is 27.5 Å². The van der Waals surface area contributed by atoms with Gasteiger partial charge in [-0.1, -0.05) is 5.16 Å². The molecule has 0 fully saturated rings. The van der Waals surface area contributed by atoms with Gasteiger partial charge in [0.2, 0.25) is 0 Å². The third-order valence-electron chi connectivity index (χ3n) is 3.96. The van der Waals surface area contributed by atoms with Crippen molar-refractivity contribution in [2.24, 2.45) is 0 Å². The second-order valence-corrected chi connectivity index (χ2v) is 6.86. The fourth-order valence-corrected chi connectivity index (χ4v) is 3.55. The number of hydrogen-bond donors (Lipinski definition) is 1. The predicted octanol–water partition coefficient (Wildman–Crippen LogP) is 3.12. The molecule has 0 unspecified atom stereocenters. The summed E-state index contributed by atoms with van der Waals surface area (Å²) in [4.78, 5) is 33.4. The van der Waals surface area contributed by atoms with E-state index >= 15 is 0 Å². The molecule has 0 saturated carbocycles. The van der Waals surface area contributed by atoms with Crippen molar-refractivity contribution in [3.63, 3.8) is 0 Å². The van der Waals surface area contributed by atoms with E-state index < -0.39 is 12.1 Å². The number of rotatable bonds is 3. The predicted molar refractivity (Wildman–Crippen MR) is 89.5 cm³/mol. The van der Waals surface area contributed by atoms with Crippen LogP contribution in [0.25, 0.3) is 10.2 Å². The van der Waals surface area contributed by atoms with E-state index in [1.165, 1.54) is 11.3 Å². The SMILES string of the molecule is Cc1noc(C)c1C(=O)O[C@H](C)c1nc2sc(C)c(C)c2c(=O)[nH]1. The number of fused-ring (bicyclic) bond motifs is 1. The van der Waals surface area contributed by atoms with Gasteiger partial charge in [-0.2, -0.15) is 0 Å². The average Bonchev–Trinajstić information content (AvgIpc) is 2.99. The van der Waals surface area contributed by atoms with Gasteiger partial charge in [0.25, 0.3) is 5.56 Å². The first kappa shape index (κ1) is 16.4. The molecule has 0 amide bonds. The number of esters is 1. The molecule has 3 heterocycles. The summed E-state index contributed by atoms with van der Waals surface area (Å²) in [5.74, 6) is 0.153.